The van der Waals surface area contributed by atoms with E-state index in [9.17, 15) is 9.50 Å². The number of hydrogen-bond donors (Lipinski definition) is 1. The molecule has 0 aliphatic carbocycles. The first-order valence-corrected chi connectivity index (χ1v) is 7.06. The van der Waals surface area contributed by atoms with Gasteiger partial charge in [-0.15, -0.1) is 0 Å². The highest BCUT2D eigenvalue weighted by atomic mass is 19.1. The van der Waals surface area contributed by atoms with E-state index in [2.05, 4.69) is 9.97 Å². The van der Waals surface area contributed by atoms with E-state index >= 15 is 0 Å². The Kier molecular flexibility index (Phi) is 5.41. The van der Waals surface area contributed by atoms with Crippen LogP contribution in [0.1, 0.15) is 17.2 Å². The van der Waals surface area contributed by atoms with Crippen molar-refractivity contribution in [2.24, 2.45) is 0 Å². The molecule has 0 saturated carbocycles. The molecule has 1 atom stereocenters. The molecule has 1 aromatic heterocycles. The largest absolute Gasteiger partial charge is 0.387 e. The Morgan fingerprint density at radius 1 is 1.14 bits per heavy atom. The first-order chi connectivity index (χ1) is 10.5. The lowest BCUT2D eigenvalue weighted by atomic mass is 10.1. The summed E-state index contributed by atoms with van der Waals surface area (Å²) >= 11 is 0. The molecule has 6 heteroatoms. The molecule has 2 aromatic rings. The Hall–Kier alpha value is -2.05. The minimum absolute atomic E-state index is 0.313. The van der Waals surface area contributed by atoms with Gasteiger partial charge in [-0.2, -0.15) is 0 Å². The van der Waals surface area contributed by atoms with Gasteiger partial charge >= 0.3 is 0 Å². The third-order valence-corrected chi connectivity index (χ3v) is 3.29. The monoisotopic (exact) mass is 304 g/mol. The molecule has 0 bridgehead atoms. The number of nitrogens with zero attached hydrogens (tertiary/aromatic N) is 4. The Balaban J connectivity index is 1.95. The van der Waals surface area contributed by atoms with Crippen LogP contribution in [0.3, 0.4) is 0 Å². The molecule has 0 fully saturated rings. The lowest BCUT2D eigenvalue weighted by Crippen LogP contribution is -2.25. The predicted molar refractivity (Wildman–Crippen MR) is 84.1 cm³/mol. The number of aliphatic hydroxyl groups excluding tert-OH is 1. The SMILES string of the molecule is CN(Cc1cnc(N(C)C)nc1)CC(O)c1ccccc1F. The van der Waals surface area contributed by atoms with E-state index in [-0.39, 0.29) is 5.82 Å². The van der Waals surface area contributed by atoms with Gasteiger partial charge in [0.1, 0.15) is 5.82 Å². The highest BCUT2D eigenvalue weighted by molar-refractivity contribution is 5.26. The van der Waals surface area contributed by atoms with Crippen molar-refractivity contribution in [2.45, 2.75) is 12.6 Å². The van der Waals surface area contributed by atoms with Crippen LogP contribution >= 0.6 is 0 Å². The van der Waals surface area contributed by atoms with Gasteiger partial charge in [0.2, 0.25) is 5.95 Å². The quantitative estimate of drug-likeness (QED) is 0.882. The second kappa shape index (κ2) is 7.29. The lowest BCUT2D eigenvalue weighted by Gasteiger charge is -2.21. The van der Waals surface area contributed by atoms with Gasteiger partial charge in [-0.25, -0.2) is 14.4 Å². The lowest BCUT2D eigenvalue weighted by molar-refractivity contribution is 0.120. The van der Waals surface area contributed by atoms with Crippen LogP contribution in [0.4, 0.5) is 10.3 Å². The molecule has 1 heterocycles. The van der Waals surface area contributed by atoms with Gasteiger partial charge in [0.25, 0.3) is 0 Å². The van der Waals surface area contributed by atoms with Crippen molar-refractivity contribution in [3.8, 4) is 0 Å². The number of likely N-dealkylation sites (N-methyl/N-ethyl adjacent to an activating group) is 1. The highest BCUT2D eigenvalue weighted by Gasteiger charge is 2.14. The van der Waals surface area contributed by atoms with Crippen molar-refractivity contribution in [3.63, 3.8) is 0 Å². The van der Waals surface area contributed by atoms with Crippen molar-refractivity contribution in [3.05, 3.63) is 53.6 Å². The second-order valence-electron chi connectivity index (χ2n) is 5.52. The van der Waals surface area contributed by atoms with Crippen molar-refractivity contribution in [1.82, 2.24) is 14.9 Å². The average molecular weight is 304 g/mol. The fourth-order valence-electron chi connectivity index (χ4n) is 2.18. The minimum Gasteiger partial charge on any atom is -0.387 e. The molecule has 1 N–H and O–H groups in total. The van der Waals surface area contributed by atoms with E-state index < -0.39 is 6.10 Å². The molecule has 5 nitrogen and oxygen atoms in total. The minimum atomic E-state index is -0.867. The summed E-state index contributed by atoms with van der Waals surface area (Å²) in [4.78, 5) is 12.2. The summed E-state index contributed by atoms with van der Waals surface area (Å²) in [5.74, 6) is 0.264. The van der Waals surface area contributed by atoms with Crippen molar-refractivity contribution in [1.29, 1.82) is 0 Å². The van der Waals surface area contributed by atoms with E-state index in [4.69, 9.17) is 0 Å². The van der Waals surface area contributed by atoms with Gasteiger partial charge < -0.3 is 10.0 Å². The van der Waals surface area contributed by atoms with Crippen LogP contribution in [0.25, 0.3) is 0 Å². The van der Waals surface area contributed by atoms with E-state index in [1.165, 1.54) is 6.07 Å². The number of rotatable bonds is 6. The topological polar surface area (TPSA) is 52.5 Å². The van der Waals surface area contributed by atoms with E-state index in [0.717, 1.165) is 5.56 Å². The maximum absolute atomic E-state index is 13.6. The molecule has 0 radical (unpaired) electrons. The first kappa shape index (κ1) is 16.3. The average Bonchev–Trinajstić information content (AvgIpc) is 2.48. The van der Waals surface area contributed by atoms with Crippen LogP contribution in [-0.4, -0.2) is 47.7 Å². The summed E-state index contributed by atoms with van der Waals surface area (Å²) < 4.78 is 13.6. The third-order valence-electron chi connectivity index (χ3n) is 3.29. The number of halogens is 1. The van der Waals surface area contributed by atoms with Crippen LogP contribution in [0.2, 0.25) is 0 Å². The molecule has 1 unspecified atom stereocenters. The van der Waals surface area contributed by atoms with Crippen LogP contribution in [0, 0.1) is 5.82 Å². The smallest absolute Gasteiger partial charge is 0.224 e. The molecule has 1 aromatic carbocycles. The van der Waals surface area contributed by atoms with E-state index in [0.29, 0.717) is 24.6 Å². The number of hydrogen-bond acceptors (Lipinski definition) is 5. The Bertz CT molecular complexity index is 603. The Morgan fingerprint density at radius 2 is 1.77 bits per heavy atom. The zero-order valence-electron chi connectivity index (χ0n) is 13.1. The van der Waals surface area contributed by atoms with Gasteiger partial charge in [0, 0.05) is 50.7 Å². The van der Waals surface area contributed by atoms with Crippen LogP contribution in [-0.2, 0) is 6.54 Å². The Labute approximate surface area is 130 Å². The third kappa shape index (κ3) is 4.22. The summed E-state index contributed by atoms with van der Waals surface area (Å²) in [5, 5.41) is 10.1. The molecule has 0 spiro atoms. The number of aliphatic hydroxyl groups is 1. The zero-order chi connectivity index (χ0) is 16.1. The van der Waals surface area contributed by atoms with Gasteiger partial charge in [-0.05, 0) is 13.1 Å². The van der Waals surface area contributed by atoms with Gasteiger partial charge in [-0.3, -0.25) is 4.90 Å². The fraction of sp³-hybridized carbons (Fsp3) is 0.375. The molecular formula is C16H21FN4O. The molecule has 0 aliphatic heterocycles. The Morgan fingerprint density at radius 3 is 2.36 bits per heavy atom. The number of aromatic nitrogens is 2. The maximum atomic E-state index is 13.6. The highest BCUT2D eigenvalue weighted by Crippen LogP contribution is 2.18. The van der Waals surface area contributed by atoms with Crippen molar-refractivity contribution >= 4 is 5.95 Å². The maximum Gasteiger partial charge on any atom is 0.224 e. The molecule has 118 valence electrons. The summed E-state index contributed by atoms with van der Waals surface area (Å²) in [6.07, 6.45) is 2.65. The zero-order valence-corrected chi connectivity index (χ0v) is 13.1. The molecular weight excluding hydrogens is 283 g/mol. The van der Waals surface area contributed by atoms with Gasteiger partial charge in [0.15, 0.2) is 0 Å². The van der Waals surface area contributed by atoms with Crippen LogP contribution in [0.15, 0.2) is 36.7 Å². The standard InChI is InChI=1S/C16H21FN4O/c1-20(2)16-18-8-12(9-19-16)10-21(3)11-15(22)13-6-4-5-7-14(13)17/h4-9,15,22H,10-11H2,1-3H3. The van der Waals surface area contributed by atoms with Gasteiger partial charge in [0.05, 0.1) is 6.10 Å². The summed E-state index contributed by atoms with van der Waals surface area (Å²) in [6.45, 7) is 0.912. The fourth-order valence-corrected chi connectivity index (χ4v) is 2.18. The normalized spacial score (nSPS) is 12.5. The summed E-state index contributed by atoms with van der Waals surface area (Å²) in [5.41, 5.74) is 1.25. The van der Waals surface area contributed by atoms with Crippen molar-refractivity contribution in [2.75, 3.05) is 32.6 Å². The number of benzene rings is 1. The second-order valence-corrected chi connectivity index (χ2v) is 5.52. The molecule has 22 heavy (non-hydrogen) atoms. The summed E-state index contributed by atoms with van der Waals surface area (Å²) in [6, 6.07) is 6.28. The van der Waals surface area contributed by atoms with Crippen LogP contribution < -0.4 is 4.90 Å². The molecule has 0 amide bonds. The van der Waals surface area contributed by atoms with E-state index in [1.807, 2.05) is 30.9 Å². The summed E-state index contributed by atoms with van der Waals surface area (Å²) in [7, 11) is 5.63. The molecule has 2 rings (SSSR count). The van der Waals surface area contributed by atoms with Crippen LogP contribution in [0.5, 0.6) is 0 Å². The predicted octanol–water partition coefficient (Wildman–Crippen LogP) is 1.85. The van der Waals surface area contributed by atoms with Crippen molar-refractivity contribution < 1.29 is 9.50 Å². The number of anilines is 1. The first-order valence-electron chi connectivity index (χ1n) is 7.06. The molecule has 0 saturated heterocycles. The van der Waals surface area contributed by atoms with Gasteiger partial charge in [-0.1, -0.05) is 18.2 Å². The molecule has 0 aliphatic rings. The van der Waals surface area contributed by atoms with E-state index in [1.54, 1.807) is 30.6 Å².